The molecule has 2 heterocycles. The van der Waals surface area contributed by atoms with E-state index in [2.05, 4.69) is 12.2 Å². The topological polar surface area (TPSA) is 52.6 Å². The van der Waals surface area contributed by atoms with Gasteiger partial charge in [0.1, 0.15) is 0 Å². The number of carbonyl (C=O) groups excluding carboxylic acids is 1. The van der Waals surface area contributed by atoms with Gasteiger partial charge in [0.15, 0.2) is 0 Å². The molecule has 2 aliphatic rings. The summed E-state index contributed by atoms with van der Waals surface area (Å²) < 4.78 is 0. The zero-order chi connectivity index (χ0) is 10.8. The molecule has 15 heavy (non-hydrogen) atoms. The van der Waals surface area contributed by atoms with Crippen molar-refractivity contribution >= 4 is 5.91 Å². The van der Waals surface area contributed by atoms with Gasteiger partial charge in [-0.15, -0.1) is 0 Å². The van der Waals surface area contributed by atoms with Crippen LogP contribution in [0.4, 0.5) is 0 Å². The SMILES string of the molecule is CC1CN(C(=O)C2CCNC2)CC1CO. The third-order valence-electron chi connectivity index (χ3n) is 3.72. The number of hydrogen-bond acceptors (Lipinski definition) is 3. The van der Waals surface area contributed by atoms with Crippen LogP contribution in [0.5, 0.6) is 0 Å². The van der Waals surface area contributed by atoms with Crippen LogP contribution < -0.4 is 5.32 Å². The van der Waals surface area contributed by atoms with Gasteiger partial charge in [-0.1, -0.05) is 6.92 Å². The monoisotopic (exact) mass is 212 g/mol. The van der Waals surface area contributed by atoms with E-state index < -0.39 is 0 Å². The Balaban J connectivity index is 1.91. The summed E-state index contributed by atoms with van der Waals surface area (Å²) in [5.41, 5.74) is 0. The molecule has 2 aliphatic heterocycles. The number of aliphatic hydroxyl groups is 1. The maximum Gasteiger partial charge on any atom is 0.227 e. The molecule has 86 valence electrons. The van der Waals surface area contributed by atoms with Crippen molar-refractivity contribution in [1.29, 1.82) is 0 Å². The number of likely N-dealkylation sites (tertiary alicyclic amines) is 1. The van der Waals surface area contributed by atoms with Crippen molar-refractivity contribution in [2.24, 2.45) is 17.8 Å². The van der Waals surface area contributed by atoms with Gasteiger partial charge in [0.25, 0.3) is 0 Å². The summed E-state index contributed by atoms with van der Waals surface area (Å²) in [6, 6.07) is 0. The highest BCUT2D eigenvalue weighted by molar-refractivity contribution is 5.79. The van der Waals surface area contributed by atoms with Gasteiger partial charge in [-0.2, -0.15) is 0 Å². The molecule has 4 heteroatoms. The zero-order valence-electron chi connectivity index (χ0n) is 9.28. The average Bonchev–Trinajstić information content (AvgIpc) is 2.85. The van der Waals surface area contributed by atoms with E-state index in [0.29, 0.717) is 5.92 Å². The number of amides is 1. The Bertz CT molecular complexity index is 239. The molecule has 0 spiro atoms. The summed E-state index contributed by atoms with van der Waals surface area (Å²) in [5, 5.41) is 12.4. The van der Waals surface area contributed by atoms with Crippen LogP contribution in [0.2, 0.25) is 0 Å². The standard InChI is InChI=1S/C11H20N2O2/c1-8-5-13(6-10(8)7-14)11(15)9-2-3-12-4-9/h8-10,12,14H,2-7H2,1H3. The highest BCUT2D eigenvalue weighted by Crippen LogP contribution is 2.24. The van der Waals surface area contributed by atoms with E-state index in [0.717, 1.165) is 32.6 Å². The maximum atomic E-state index is 12.1. The fourth-order valence-corrected chi connectivity index (χ4v) is 2.58. The van der Waals surface area contributed by atoms with Crippen LogP contribution in [0.15, 0.2) is 0 Å². The molecular weight excluding hydrogens is 192 g/mol. The van der Waals surface area contributed by atoms with Gasteiger partial charge in [0.2, 0.25) is 5.91 Å². The second-order valence-corrected chi connectivity index (χ2v) is 4.85. The van der Waals surface area contributed by atoms with E-state index in [9.17, 15) is 4.79 Å². The van der Waals surface area contributed by atoms with Crippen molar-refractivity contribution < 1.29 is 9.90 Å². The Kier molecular flexibility index (Phi) is 3.26. The summed E-state index contributed by atoms with van der Waals surface area (Å²) in [7, 11) is 0. The summed E-state index contributed by atoms with van der Waals surface area (Å²) in [6.45, 7) is 5.67. The zero-order valence-corrected chi connectivity index (χ0v) is 9.28. The minimum absolute atomic E-state index is 0.176. The van der Waals surface area contributed by atoms with E-state index in [1.54, 1.807) is 0 Å². The van der Waals surface area contributed by atoms with Crippen molar-refractivity contribution in [2.75, 3.05) is 32.8 Å². The second-order valence-electron chi connectivity index (χ2n) is 4.85. The number of nitrogens with one attached hydrogen (secondary N) is 1. The van der Waals surface area contributed by atoms with Crippen LogP contribution in [0.3, 0.4) is 0 Å². The highest BCUT2D eigenvalue weighted by Gasteiger charge is 2.35. The first kappa shape index (κ1) is 10.9. The van der Waals surface area contributed by atoms with Crippen molar-refractivity contribution in [2.45, 2.75) is 13.3 Å². The van der Waals surface area contributed by atoms with Crippen LogP contribution in [0, 0.1) is 17.8 Å². The van der Waals surface area contributed by atoms with Crippen LogP contribution in [0.25, 0.3) is 0 Å². The fraction of sp³-hybridized carbons (Fsp3) is 0.909. The first-order valence-corrected chi connectivity index (χ1v) is 5.82. The third kappa shape index (κ3) is 2.16. The molecule has 0 saturated carbocycles. The number of hydrogen-bond donors (Lipinski definition) is 2. The number of rotatable bonds is 2. The van der Waals surface area contributed by atoms with Crippen molar-refractivity contribution in [3.63, 3.8) is 0 Å². The molecule has 1 amide bonds. The average molecular weight is 212 g/mol. The van der Waals surface area contributed by atoms with Gasteiger partial charge >= 0.3 is 0 Å². The number of nitrogens with zero attached hydrogens (tertiary/aromatic N) is 1. The van der Waals surface area contributed by atoms with Gasteiger partial charge in [-0.3, -0.25) is 4.79 Å². The lowest BCUT2D eigenvalue weighted by Gasteiger charge is -2.19. The predicted molar refractivity (Wildman–Crippen MR) is 57.3 cm³/mol. The molecule has 0 aliphatic carbocycles. The fourth-order valence-electron chi connectivity index (χ4n) is 2.58. The van der Waals surface area contributed by atoms with Crippen molar-refractivity contribution in [1.82, 2.24) is 10.2 Å². The molecule has 2 saturated heterocycles. The largest absolute Gasteiger partial charge is 0.396 e. The maximum absolute atomic E-state index is 12.1. The molecule has 0 bridgehead atoms. The summed E-state index contributed by atoms with van der Waals surface area (Å²) >= 11 is 0. The Hall–Kier alpha value is -0.610. The van der Waals surface area contributed by atoms with Gasteiger partial charge in [0.05, 0.1) is 5.92 Å². The van der Waals surface area contributed by atoms with E-state index in [-0.39, 0.29) is 24.3 Å². The van der Waals surface area contributed by atoms with Crippen LogP contribution in [-0.4, -0.2) is 48.7 Å². The molecule has 3 unspecified atom stereocenters. The van der Waals surface area contributed by atoms with Crippen LogP contribution in [0.1, 0.15) is 13.3 Å². The summed E-state index contributed by atoms with van der Waals surface area (Å²) in [6.07, 6.45) is 0.966. The van der Waals surface area contributed by atoms with Gasteiger partial charge in [0, 0.05) is 32.2 Å². The quantitative estimate of drug-likeness (QED) is 0.660. The first-order valence-electron chi connectivity index (χ1n) is 5.82. The lowest BCUT2D eigenvalue weighted by molar-refractivity contribution is -0.134. The lowest BCUT2D eigenvalue weighted by atomic mass is 10.00. The van der Waals surface area contributed by atoms with E-state index in [1.807, 2.05) is 4.90 Å². The summed E-state index contributed by atoms with van der Waals surface area (Å²) in [5.74, 6) is 1.18. The van der Waals surface area contributed by atoms with E-state index in [1.165, 1.54) is 0 Å². The molecule has 0 aromatic heterocycles. The van der Waals surface area contributed by atoms with Gasteiger partial charge < -0.3 is 15.3 Å². The van der Waals surface area contributed by atoms with Gasteiger partial charge in [-0.25, -0.2) is 0 Å². The molecule has 3 atom stereocenters. The molecular formula is C11H20N2O2. The van der Waals surface area contributed by atoms with Crippen molar-refractivity contribution in [3.8, 4) is 0 Å². The molecule has 2 rings (SSSR count). The molecule has 0 aromatic rings. The molecule has 0 radical (unpaired) electrons. The minimum Gasteiger partial charge on any atom is -0.396 e. The Morgan fingerprint density at radius 2 is 2.33 bits per heavy atom. The van der Waals surface area contributed by atoms with E-state index in [4.69, 9.17) is 5.11 Å². The highest BCUT2D eigenvalue weighted by atomic mass is 16.3. The normalized spacial score (nSPS) is 36.1. The smallest absolute Gasteiger partial charge is 0.227 e. The molecule has 0 aromatic carbocycles. The second kappa shape index (κ2) is 4.49. The third-order valence-corrected chi connectivity index (χ3v) is 3.72. The van der Waals surface area contributed by atoms with Gasteiger partial charge in [-0.05, 0) is 18.9 Å². The summed E-state index contributed by atoms with van der Waals surface area (Å²) in [4.78, 5) is 14.0. The number of aliphatic hydroxyl groups excluding tert-OH is 1. The molecule has 2 N–H and O–H groups in total. The molecule has 2 fully saturated rings. The first-order chi connectivity index (χ1) is 7.22. The van der Waals surface area contributed by atoms with Crippen molar-refractivity contribution in [3.05, 3.63) is 0 Å². The Morgan fingerprint density at radius 3 is 2.87 bits per heavy atom. The lowest BCUT2D eigenvalue weighted by Crippen LogP contribution is -2.35. The predicted octanol–water partition coefficient (Wildman–Crippen LogP) is -0.317. The van der Waals surface area contributed by atoms with Crippen LogP contribution >= 0.6 is 0 Å². The minimum atomic E-state index is 0.176. The Morgan fingerprint density at radius 1 is 1.53 bits per heavy atom. The number of carbonyl (C=O) groups is 1. The van der Waals surface area contributed by atoms with E-state index >= 15 is 0 Å². The van der Waals surface area contributed by atoms with Crippen LogP contribution in [-0.2, 0) is 4.79 Å². The Labute approximate surface area is 90.6 Å². The molecule has 4 nitrogen and oxygen atoms in total.